The number of carbonyl (C=O) groups is 1. The maximum atomic E-state index is 13.1. The monoisotopic (exact) mass is 397 g/mol. The lowest BCUT2D eigenvalue weighted by atomic mass is 9.82. The molecule has 1 atom stereocenters. The van der Waals surface area contributed by atoms with Crippen LogP contribution in [0.15, 0.2) is 57.8 Å². The lowest BCUT2D eigenvalue weighted by Gasteiger charge is -2.30. The van der Waals surface area contributed by atoms with Crippen molar-refractivity contribution in [3.63, 3.8) is 0 Å². The highest BCUT2D eigenvalue weighted by Crippen LogP contribution is 2.40. The van der Waals surface area contributed by atoms with Gasteiger partial charge >= 0.3 is 11.7 Å². The van der Waals surface area contributed by atoms with E-state index in [9.17, 15) is 14.4 Å². The number of hydrogen-bond acceptors (Lipinski definition) is 6. The summed E-state index contributed by atoms with van der Waals surface area (Å²) in [5.74, 6) is -0.363. The molecule has 8 heteroatoms. The highest BCUT2D eigenvalue weighted by Gasteiger charge is 2.37. The van der Waals surface area contributed by atoms with Gasteiger partial charge in [0.2, 0.25) is 0 Å². The highest BCUT2D eigenvalue weighted by molar-refractivity contribution is 5.94. The van der Waals surface area contributed by atoms with Gasteiger partial charge in [-0.05, 0) is 24.6 Å². The Bertz CT molecular complexity index is 1140. The van der Waals surface area contributed by atoms with E-state index in [1.165, 1.54) is 17.7 Å². The normalized spacial score (nSPS) is 15.4. The number of benzene rings is 1. The Labute approximate surface area is 167 Å². The second-order valence-corrected chi connectivity index (χ2v) is 6.73. The van der Waals surface area contributed by atoms with Gasteiger partial charge in [-0.1, -0.05) is 24.8 Å². The van der Waals surface area contributed by atoms with Crippen LogP contribution in [0.2, 0.25) is 0 Å². The molecule has 0 aliphatic carbocycles. The van der Waals surface area contributed by atoms with E-state index in [0.717, 1.165) is 4.57 Å². The first-order valence-electron chi connectivity index (χ1n) is 9.01. The predicted octanol–water partition coefficient (Wildman–Crippen LogP) is 1.65. The molecule has 1 aromatic heterocycles. The van der Waals surface area contributed by atoms with Crippen molar-refractivity contribution in [2.24, 2.45) is 14.1 Å². The smallest absolute Gasteiger partial charge is 0.337 e. The van der Waals surface area contributed by atoms with Crippen molar-refractivity contribution < 1.29 is 14.3 Å². The molecule has 8 nitrogen and oxygen atoms in total. The van der Waals surface area contributed by atoms with Crippen LogP contribution < -0.4 is 21.3 Å². The Morgan fingerprint density at radius 3 is 2.66 bits per heavy atom. The molecule has 1 N–H and O–H groups in total. The molecular weight excluding hydrogens is 374 g/mol. The zero-order valence-electron chi connectivity index (χ0n) is 16.8. The van der Waals surface area contributed by atoms with Crippen molar-refractivity contribution in [1.29, 1.82) is 0 Å². The predicted molar refractivity (Wildman–Crippen MR) is 109 cm³/mol. The maximum absolute atomic E-state index is 13.1. The standard InChI is InChI=1S/C21H23N3O5/c1-6-10-29-20(26)15-12(2)22-18-17(19(25)24(4)21(27)23(18)3)16(15)13-8-7-9-14(11-13)28-5/h6-9,11,16,22H,1,10H2,2-5H3. The zero-order valence-corrected chi connectivity index (χ0v) is 16.8. The van der Waals surface area contributed by atoms with E-state index in [1.54, 1.807) is 45.3 Å². The van der Waals surface area contributed by atoms with E-state index in [2.05, 4.69) is 11.9 Å². The van der Waals surface area contributed by atoms with Crippen molar-refractivity contribution in [2.75, 3.05) is 19.0 Å². The quantitative estimate of drug-likeness (QED) is 0.609. The fourth-order valence-corrected chi connectivity index (χ4v) is 3.53. The second kappa shape index (κ2) is 7.83. The second-order valence-electron chi connectivity index (χ2n) is 6.73. The van der Waals surface area contributed by atoms with Crippen LogP contribution in [0.25, 0.3) is 0 Å². The maximum Gasteiger partial charge on any atom is 0.337 e. The molecule has 0 bridgehead atoms. The van der Waals surface area contributed by atoms with Crippen LogP contribution in [0.4, 0.5) is 5.82 Å². The summed E-state index contributed by atoms with van der Waals surface area (Å²) < 4.78 is 13.0. The fraction of sp³-hybridized carbons (Fsp3) is 0.286. The number of carbonyl (C=O) groups excluding carboxylic acids is 1. The number of methoxy groups -OCH3 is 1. The Morgan fingerprint density at radius 1 is 1.28 bits per heavy atom. The molecule has 0 saturated heterocycles. The van der Waals surface area contributed by atoms with Crippen LogP contribution in [0.1, 0.15) is 24.0 Å². The number of allylic oxidation sites excluding steroid dienone is 1. The summed E-state index contributed by atoms with van der Waals surface area (Å²) in [7, 11) is 4.53. The van der Waals surface area contributed by atoms with Gasteiger partial charge in [-0.25, -0.2) is 9.59 Å². The molecule has 0 saturated carbocycles. The first-order chi connectivity index (χ1) is 13.8. The molecule has 1 unspecified atom stereocenters. The van der Waals surface area contributed by atoms with Gasteiger partial charge in [-0.15, -0.1) is 0 Å². The molecule has 1 aromatic carbocycles. The number of rotatable bonds is 5. The van der Waals surface area contributed by atoms with Gasteiger partial charge in [0, 0.05) is 19.8 Å². The molecule has 1 aliphatic heterocycles. The largest absolute Gasteiger partial charge is 0.497 e. The zero-order chi connectivity index (χ0) is 21.3. The van der Waals surface area contributed by atoms with Crippen molar-refractivity contribution in [1.82, 2.24) is 9.13 Å². The summed E-state index contributed by atoms with van der Waals surface area (Å²) >= 11 is 0. The van der Waals surface area contributed by atoms with Gasteiger partial charge in [-0.2, -0.15) is 0 Å². The molecule has 152 valence electrons. The average molecular weight is 397 g/mol. The van der Waals surface area contributed by atoms with Crippen molar-refractivity contribution in [2.45, 2.75) is 12.8 Å². The van der Waals surface area contributed by atoms with E-state index >= 15 is 0 Å². The van der Waals surface area contributed by atoms with Crippen molar-refractivity contribution in [3.8, 4) is 5.75 Å². The molecule has 3 rings (SSSR count). The molecule has 2 aromatic rings. The van der Waals surface area contributed by atoms with Crippen molar-refractivity contribution in [3.05, 3.63) is 80.2 Å². The van der Waals surface area contributed by atoms with Gasteiger partial charge < -0.3 is 14.8 Å². The fourth-order valence-electron chi connectivity index (χ4n) is 3.53. The lowest BCUT2D eigenvalue weighted by Crippen LogP contribution is -2.43. The number of anilines is 1. The van der Waals surface area contributed by atoms with Crippen molar-refractivity contribution >= 4 is 11.8 Å². The van der Waals surface area contributed by atoms with Crippen LogP contribution in [0.5, 0.6) is 5.75 Å². The summed E-state index contributed by atoms with van der Waals surface area (Å²) in [5.41, 5.74) is 0.818. The summed E-state index contributed by atoms with van der Waals surface area (Å²) in [6, 6.07) is 7.13. The van der Waals surface area contributed by atoms with E-state index in [4.69, 9.17) is 9.47 Å². The lowest BCUT2D eigenvalue weighted by molar-refractivity contribution is -0.138. The third kappa shape index (κ3) is 3.37. The number of nitrogens with zero attached hydrogens (tertiary/aromatic N) is 2. The minimum Gasteiger partial charge on any atom is -0.497 e. The number of aromatic nitrogens is 2. The Kier molecular flexibility index (Phi) is 5.45. The highest BCUT2D eigenvalue weighted by atomic mass is 16.5. The molecular formula is C21H23N3O5. The SMILES string of the molecule is C=CCOC(=O)C1=C(C)Nc2c(c(=O)n(C)c(=O)n2C)C1c1cccc(OC)c1. The first kappa shape index (κ1) is 20.2. The number of fused-ring (bicyclic) bond motifs is 1. The Hall–Kier alpha value is -3.55. The minimum absolute atomic E-state index is 0.0403. The van der Waals surface area contributed by atoms with Gasteiger partial charge in [0.25, 0.3) is 5.56 Å². The van der Waals surface area contributed by atoms with Gasteiger partial charge in [0.05, 0.1) is 24.2 Å². The van der Waals surface area contributed by atoms with Gasteiger partial charge in [0.1, 0.15) is 18.2 Å². The molecule has 2 heterocycles. The summed E-state index contributed by atoms with van der Waals surface area (Å²) in [4.78, 5) is 38.4. The number of esters is 1. The Morgan fingerprint density at radius 2 is 2.00 bits per heavy atom. The van der Waals surface area contributed by atoms with E-state index in [1.807, 2.05) is 0 Å². The topological polar surface area (TPSA) is 91.6 Å². The number of nitrogens with one attached hydrogen (secondary N) is 1. The summed E-state index contributed by atoms with van der Waals surface area (Å²) in [5, 5.41) is 3.04. The summed E-state index contributed by atoms with van der Waals surface area (Å²) in [6.45, 7) is 5.31. The van der Waals surface area contributed by atoms with E-state index < -0.39 is 23.1 Å². The third-order valence-electron chi connectivity index (χ3n) is 4.97. The Balaban J connectivity index is 2.34. The van der Waals surface area contributed by atoms with Crippen LogP contribution in [-0.2, 0) is 23.6 Å². The minimum atomic E-state index is -0.732. The third-order valence-corrected chi connectivity index (χ3v) is 4.97. The first-order valence-corrected chi connectivity index (χ1v) is 9.01. The molecule has 0 fully saturated rings. The molecule has 0 radical (unpaired) electrons. The molecule has 0 amide bonds. The number of hydrogen-bond donors (Lipinski definition) is 1. The van der Waals surface area contributed by atoms with Gasteiger partial charge in [0.15, 0.2) is 0 Å². The van der Waals surface area contributed by atoms with Crippen LogP contribution in [0.3, 0.4) is 0 Å². The van der Waals surface area contributed by atoms with E-state index in [-0.39, 0.29) is 6.61 Å². The summed E-state index contributed by atoms with van der Waals surface area (Å²) in [6.07, 6.45) is 1.47. The number of ether oxygens (including phenoxy) is 2. The van der Waals surface area contributed by atoms with Crippen LogP contribution in [0, 0.1) is 0 Å². The van der Waals surface area contributed by atoms with E-state index in [0.29, 0.717) is 34.0 Å². The molecule has 29 heavy (non-hydrogen) atoms. The average Bonchev–Trinajstić information content (AvgIpc) is 2.73. The molecule has 0 spiro atoms. The molecule has 1 aliphatic rings. The van der Waals surface area contributed by atoms with Gasteiger partial charge in [-0.3, -0.25) is 13.9 Å². The van der Waals surface area contributed by atoms with Crippen LogP contribution >= 0.6 is 0 Å². The van der Waals surface area contributed by atoms with Crippen LogP contribution in [-0.4, -0.2) is 28.8 Å².